The molecule has 0 amide bonds. The summed E-state index contributed by atoms with van der Waals surface area (Å²) < 4.78 is 0. The van der Waals surface area contributed by atoms with Gasteiger partial charge in [0, 0.05) is 17.9 Å². The first-order chi connectivity index (χ1) is 12.4. The quantitative estimate of drug-likeness (QED) is 0.703. The van der Waals surface area contributed by atoms with Gasteiger partial charge in [0.2, 0.25) is 0 Å². The van der Waals surface area contributed by atoms with Gasteiger partial charge in [0.25, 0.3) is 0 Å². The van der Waals surface area contributed by atoms with Crippen molar-refractivity contribution >= 4 is 5.97 Å². The zero-order valence-electron chi connectivity index (χ0n) is 16.4. The molecule has 0 saturated heterocycles. The minimum absolute atomic E-state index is 0.0206. The van der Waals surface area contributed by atoms with Gasteiger partial charge in [-0.1, -0.05) is 74.0 Å². The van der Waals surface area contributed by atoms with E-state index in [2.05, 4.69) is 81.4 Å². The van der Waals surface area contributed by atoms with Crippen LogP contribution in [-0.2, 0) is 10.2 Å². The molecule has 2 aromatic carbocycles. The standard InChI is InChI=1S/C23H31NO2/c1-5-19(16-22(25)26)23(17-18(2)24(3)4,20-12-8-6-9-13-20)21-14-10-7-11-15-21/h6-15,18-19H,5,16-17H2,1-4H3,(H,25,26)/t18-,19-/m0/s1. The molecular weight excluding hydrogens is 322 g/mol. The molecule has 0 fully saturated rings. The highest BCUT2D eigenvalue weighted by molar-refractivity contribution is 5.67. The maximum Gasteiger partial charge on any atom is 0.303 e. The monoisotopic (exact) mass is 353 g/mol. The van der Waals surface area contributed by atoms with Crippen molar-refractivity contribution in [3.63, 3.8) is 0 Å². The molecule has 2 aromatic rings. The molecule has 0 unspecified atom stereocenters. The third-order valence-corrected chi connectivity index (χ3v) is 5.69. The van der Waals surface area contributed by atoms with Crippen LogP contribution in [0.4, 0.5) is 0 Å². The molecule has 0 bridgehead atoms. The number of carbonyl (C=O) groups is 1. The molecule has 0 heterocycles. The van der Waals surface area contributed by atoms with E-state index < -0.39 is 5.97 Å². The molecule has 1 N–H and O–H groups in total. The molecule has 0 aliphatic carbocycles. The van der Waals surface area contributed by atoms with E-state index in [1.54, 1.807) is 0 Å². The molecule has 3 heteroatoms. The lowest BCUT2D eigenvalue weighted by atomic mass is 9.61. The highest BCUT2D eigenvalue weighted by Gasteiger charge is 2.43. The van der Waals surface area contributed by atoms with Crippen LogP contribution in [0.25, 0.3) is 0 Å². The van der Waals surface area contributed by atoms with Gasteiger partial charge in [0.05, 0.1) is 0 Å². The maximum atomic E-state index is 11.7. The lowest BCUT2D eigenvalue weighted by Crippen LogP contribution is -2.43. The van der Waals surface area contributed by atoms with E-state index in [0.29, 0.717) is 6.04 Å². The lowest BCUT2D eigenvalue weighted by molar-refractivity contribution is -0.138. The summed E-state index contributed by atoms with van der Waals surface area (Å²) in [7, 11) is 4.17. The Labute approximate surface area is 157 Å². The minimum Gasteiger partial charge on any atom is -0.481 e. The summed E-state index contributed by atoms with van der Waals surface area (Å²) in [4.78, 5) is 13.9. The maximum absolute atomic E-state index is 11.7. The Bertz CT molecular complexity index is 642. The summed E-state index contributed by atoms with van der Waals surface area (Å²) in [5, 5.41) is 9.61. The van der Waals surface area contributed by atoms with Crippen LogP contribution in [0.2, 0.25) is 0 Å². The molecular formula is C23H31NO2. The number of aliphatic carboxylic acids is 1. The average Bonchev–Trinajstić information content (AvgIpc) is 2.65. The molecule has 0 aromatic heterocycles. The Balaban J connectivity index is 2.71. The number of hydrogen-bond donors (Lipinski definition) is 1. The van der Waals surface area contributed by atoms with Crippen LogP contribution in [0.1, 0.15) is 44.2 Å². The minimum atomic E-state index is -0.731. The number of carboxylic acids is 1. The highest BCUT2D eigenvalue weighted by atomic mass is 16.4. The molecule has 26 heavy (non-hydrogen) atoms. The fraction of sp³-hybridized carbons (Fsp3) is 0.435. The molecule has 0 saturated carbocycles. The van der Waals surface area contributed by atoms with E-state index in [1.165, 1.54) is 11.1 Å². The van der Waals surface area contributed by atoms with E-state index in [1.807, 2.05) is 12.1 Å². The second-order valence-electron chi connectivity index (χ2n) is 7.42. The smallest absolute Gasteiger partial charge is 0.303 e. The van der Waals surface area contributed by atoms with Crippen LogP contribution in [0, 0.1) is 5.92 Å². The Kier molecular flexibility index (Phi) is 6.98. The molecule has 3 nitrogen and oxygen atoms in total. The number of carboxylic acid groups (broad SMARTS) is 1. The van der Waals surface area contributed by atoms with E-state index >= 15 is 0 Å². The number of benzene rings is 2. The summed E-state index contributed by atoms with van der Waals surface area (Å²) in [6.45, 7) is 4.32. The van der Waals surface area contributed by atoms with Crippen molar-refractivity contribution in [2.75, 3.05) is 14.1 Å². The van der Waals surface area contributed by atoms with Crippen molar-refractivity contribution in [1.29, 1.82) is 0 Å². The Hall–Kier alpha value is -2.13. The summed E-state index contributed by atoms with van der Waals surface area (Å²) in [5.74, 6) is -0.710. The van der Waals surface area contributed by atoms with Crippen molar-refractivity contribution in [3.05, 3.63) is 71.8 Å². The predicted molar refractivity (Wildman–Crippen MR) is 107 cm³/mol. The van der Waals surface area contributed by atoms with Crippen LogP contribution in [0.5, 0.6) is 0 Å². The van der Waals surface area contributed by atoms with Gasteiger partial charge < -0.3 is 10.0 Å². The topological polar surface area (TPSA) is 40.5 Å². The zero-order valence-corrected chi connectivity index (χ0v) is 16.4. The molecule has 140 valence electrons. The summed E-state index contributed by atoms with van der Waals surface area (Å²) in [6.07, 6.45) is 1.86. The first-order valence-corrected chi connectivity index (χ1v) is 9.41. The van der Waals surface area contributed by atoms with Crippen LogP contribution >= 0.6 is 0 Å². The highest BCUT2D eigenvalue weighted by Crippen LogP contribution is 2.46. The third kappa shape index (κ3) is 4.34. The first-order valence-electron chi connectivity index (χ1n) is 9.41. The van der Waals surface area contributed by atoms with Crippen LogP contribution in [-0.4, -0.2) is 36.1 Å². The fourth-order valence-corrected chi connectivity index (χ4v) is 4.04. The van der Waals surface area contributed by atoms with Gasteiger partial charge >= 0.3 is 5.97 Å². The van der Waals surface area contributed by atoms with Gasteiger partial charge in [0.1, 0.15) is 0 Å². The first kappa shape index (κ1) is 20.2. The summed E-state index contributed by atoms with van der Waals surface area (Å²) >= 11 is 0. The van der Waals surface area contributed by atoms with E-state index in [0.717, 1.165) is 12.8 Å². The molecule has 0 spiro atoms. The molecule has 2 rings (SSSR count). The van der Waals surface area contributed by atoms with Crippen LogP contribution in [0.15, 0.2) is 60.7 Å². The normalized spacial score (nSPS) is 14.2. The van der Waals surface area contributed by atoms with Crippen LogP contribution in [0.3, 0.4) is 0 Å². The average molecular weight is 354 g/mol. The van der Waals surface area contributed by atoms with Crippen molar-refractivity contribution in [1.82, 2.24) is 4.90 Å². The molecule has 2 atom stereocenters. The summed E-state index contributed by atoms with van der Waals surface area (Å²) in [6, 6.07) is 21.2. The van der Waals surface area contributed by atoms with E-state index in [-0.39, 0.29) is 17.8 Å². The second-order valence-corrected chi connectivity index (χ2v) is 7.42. The van der Waals surface area contributed by atoms with Crippen molar-refractivity contribution < 1.29 is 9.90 Å². The van der Waals surface area contributed by atoms with Gasteiger partial charge in [-0.25, -0.2) is 0 Å². The van der Waals surface area contributed by atoms with Gasteiger partial charge in [-0.2, -0.15) is 0 Å². The van der Waals surface area contributed by atoms with Gasteiger partial charge in [-0.05, 0) is 44.5 Å². The molecule has 0 radical (unpaired) electrons. The number of hydrogen-bond acceptors (Lipinski definition) is 2. The van der Waals surface area contributed by atoms with Gasteiger partial charge in [-0.15, -0.1) is 0 Å². The van der Waals surface area contributed by atoms with E-state index in [9.17, 15) is 9.90 Å². The van der Waals surface area contributed by atoms with E-state index in [4.69, 9.17) is 0 Å². The number of rotatable bonds is 9. The lowest BCUT2D eigenvalue weighted by Gasteiger charge is -2.44. The van der Waals surface area contributed by atoms with Gasteiger partial charge in [0.15, 0.2) is 0 Å². The Morgan fingerprint density at radius 3 is 1.81 bits per heavy atom. The second kappa shape index (κ2) is 9.00. The molecule has 0 aliphatic heterocycles. The van der Waals surface area contributed by atoms with Crippen molar-refractivity contribution in [2.24, 2.45) is 5.92 Å². The van der Waals surface area contributed by atoms with Crippen molar-refractivity contribution in [3.8, 4) is 0 Å². The third-order valence-electron chi connectivity index (χ3n) is 5.69. The van der Waals surface area contributed by atoms with Crippen LogP contribution < -0.4 is 0 Å². The Morgan fingerprint density at radius 1 is 1.00 bits per heavy atom. The summed E-state index contributed by atoms with van der Waals surface area (Å²) in [5.41, 5.74) is 2.07. The van der Waals surface area contributed by atoms with Crippen molar-refractivity contribution in [2.45, 2.75) is 44.6 Å². The predicted octanol–water partition coefficient (Wildman–Crippen LogP) is 4.81. The fourth-order valence-electron chi connectivity index (χ4n) is 4.04. The molecule has 0 aliphatic rings. The SMILES string of the molecule is CC[C@@H](CC(=O)O)C(C[C@H](C)N(C)C)(c1ccccc1)c1ccccc1. The van der Waals surface area contributed by atoms with Gasteiger partial charge in [-0.3, -0.25) is 4.79 Å². The Morgan fingerprint density at radius 2 is 1.46 bits per heavy atom. The zero-order chi connectivity index (χ0) is 19.2. The largest absolute Gasteiger partial charge is 0.481 e. The number of nitrogens with zero attached hydrogens (tertiary/aromatic N) is 1.